The summed E-state index contributed by atoms with van der Waals surface area (Å²) in [5.74, 6) is 0. The minimum absolute atomic E-state index is 0.0839. The topological polar surface area (TPSA) is 82.2 Å². The normalized spacial score (nSPS) is 11.6. The van der Waals surface area contributed by atoms with Crippen LogP contribution in [0.3, 0.4) is 0 Å². The number of fused-ring (bicyclic) bond motifs is 1. The largest absolute Gasteiger partial charge is 0.295 e. The van der Waals surface area contributed by atoms with E-state index in [-0.39, 0.29) is 16.1 Å². The summed E-state index contributed by atoms with van der Waals surface area (Å²) in [6.07, 6.45) is 1.05. The van der Waals surface area contributed by atoms with E-state index in [4.69, 9.17) is 0 Å². The maximum Gasteiger partial charge on any atom is 0.295 e. The quantitative estimate of drug-likeness (QED) is 0.550. The van der Waals surface area contributed by atoms with Gasteiger partial charge in [-0.1, -0.05) is 30.3 Å². The van der Waals surface area contributed by atoms with Gasteiger partial charge in [-0.25, -0.2) is 12.4 Å². The van der Waals surface area contributed by atoms with E-state index in [1.807, 2.05) is 0 Å². The van der Waals surface area contributed by atoms with Gasteiger partial charge in [0.15, 0.2) is 0 Å². The molecule has 6 nitrogen and oxygen atoms in total. The van der Waals surface area contributed by atoms with Crippen LogP contribution in [0.4, 0.5) is 5.69 Å². The Kier molecular flexibility index (Phi) is 2.99. The van der Waals surface area contributed by atoms with Gasteiger partial charge >= 0.3 is 0 Å². The third-order valence-electron chi connectivity index (χ3n) is 3.15. The molecule has 0 radical (unpaired) electrons. The van der Waals surface area contributed by atoms with E-state index in [0.29, 0.717) is 5.39 Å². The average Bonchev–Trinajstić information content (AvgIpc) is 2.88. The van der Waals surface area contributed by atoms with Crippen LogP contribution in [-0.4, -0.2) is 17.3 Å². The summed E-state index contributed by atoms with van der Waals surface area (Å²) in [4.78, 5) is 10.6. The number of nitrogens with zero attached hydrogens (tertiary/aromatic N) is 2. The van der Waals surface area contributed by atoms with Gasteiger partial charge in [0.1, 0.15) is 0 Å². The minimum Gasteiger partial charge on any atom is -0.258 e. The summed E-state index contributed by atoms with van der Waals surface area (Å²) in [7, 11) is -3.87. The standard InChI is InChI=1S/C14H10N2O4S/c17-16(18)14-10-15(13-9-5-4-8-12(13)14)21(19,20)11-6-2-1-3-7-11/h1-10H. The van der Waals surface area contributed by atoms with Crippen LogP contribution >= 0.6 is 0 Å². The SMILES string of the molecule is O=[N+]([O-])c1cn(S(=O)(=O)c2ccccc2)c2ccccc12. The number of hydrogen-bond donors (Lipinski definition) is 0. The van der Waals surface area contributed by atoms with Crippen LogP contribution in [-0.2, 0) is 10.0 Å². The van der Waals surface area contributed by atoms with E-state index >= 15 is 0 Å². The molecule has 21 heavy (non-hydrogen) atoms. The van der Waals surface area contributed by atoms with Crippen LogP contribution in [0, 0.1) is 10.1 Å². The number of aromatic nitrogens is 1. The van der Waals surface area contributed by atoms with Crippen molar-refractivity contribution in [2.75, 3.05) is 0 Å². The van der Waals surface area contributed by atoms with Gasteiger partial charge in [0.2, 0.25) is 0 Å². The van der Waals surface area contributed by atoms with E-state index in [9.17, 15) is 18.5 Å². The van der Waals surface area contributed by atoms with E-state index in [2.05, 4.69) is 0 Å². The molecule has 0 bridgehead atoms. The van der Waals surface area contributed by atoms with Gasteiger partial charge in [-0.3, -0.25) is 10.1 Å². The monoisotopic (exact) mass is 302 g/mol. The minimum atomic E-state index is -3.87. The van der Waals surface area contributed by atoms with Crippen molar-refractivity contribution in [1.29, 1.82) is 0 Å². The number of rotatable bonds is 3. The molecule has 1 heterocycles. The van der Waals surface area contributed by atoms with E-state index in [0.717, 1.165) is 10.2 Å². The number of para-hydroxylation sites is 1. The summed E-state index contributed by atoms with van der Waals surface area (Å²) in [6, 6.07) is 14.2. The third kappa shape index (κ3) is 2.07. The Morgan fingerprint density at radius 3 is 2.24 bits per heavy atom. The smallest absolute Gasteiger partial charge is 0.258 e. The van der Waals surface area contributed by atoms with Gasteiger partial charge in [-0.05, 0) is 24.3 Å². The zero-order valence-electron chi connectivity index (χ0n) is 10.7. The average molecular weight is 302 g/mol. The van der Waals surface area contributed by atoms with Crippen LogP contribution in [0.2, 0.25) is 0 Å². The van der Waals surface area contributed by atoms with Crippen molar-refractivity contribution in [3.05, 3.63) is 70.9 Å². The molecule has 3 rings (SSSR count). The molecule has 0 spiro atoms. The lowest BCUT2D eigenvalue weighted by Gasteiger charge is -2.06. The van der Waals surface area contributed by atoms with Gasteiger partial charge in [0.05, 0.1) is 26.9 Å². The molecular formula is C14H10N2O4S. The molecule has 0 saturated carbocycles. The first-order chi connectivity index (χ1) is 10.0. The Morgan fingerprint density at radius 1 is 0.952 bits per heavy atom. The van der Waals surface area contributed by atoms with Crippen LogP contribution < -0.4 is 0 Å². The highest BCUT2D eigenvalue weighted by Crippen LogP contribution is 2.30. The van der Waals surface area contributed by atoms with Gasteiger partial charge < -0.3 is 0 Å². The first-order valence-corrected chi connectivity index (χ1v) is 7.51. The summed E-state index contributed by atoms with van der Waals surface area (Å²) >= 11 is 0. The van der Waals surface area contributed by atoms with Crippen molar-refractivity contribution in [3.63, 3.8) is 0 Å². The third-order valence-corrected chi connectivity index (χ3v) is 4.84. The Bertz CT molecular complexity index is 930. The molecule has 0 aliphatic heterocycles. The van der Waals surface area contributed by atoms with Crippen LogP contribution in [0.15, 0.2) is 65.7 Å². The Morgan fingerprint density at radius 2 is 1.57 bits per heavy atom. The number of benzene rings is 2. The predicted octanol–water partition coefficient (Wildman–Crippen LogP) is 2.79. The lowest BCUT2D eigenvalue weighted by atomic mass is 10.2. The molecule has 1 aromatic heterocycles. The lowest BCUT2D eigenvalue weighted by molar-refractivity contribution is -0.383. The number of hydrogen-bond acceptors (Lipinski definition) is 4. The van der Waals surface area contributed by atoms with Gasteiger partial charge in [0, 0.05) is 0 Å². The van der Waals surface area contributed by atoms with Crippen molar-refractivity contribution >= 4 is 26.6 Å². The highest BCUT2D eigenvalue weighted by Gasteiger charge is 2.25. The molecule has 0 fully saturated rings. The maximum absolute atomic E-state index is 12.6. The van der Waals surface area contributed by atoms with Crippen LogP contribution in [0.5, 0.6) is 0 Å². The Balaban J connectivity index is 2.34. The highest BCUT2D eigenvalue weighted by atomic mass is 32.2. The summed E-state index contributed by atoms with van der Waals surface area (Å²) < 4.78 is 26.2. The van der Waals surface area contributed by atoms with Gasteiger partial charge in [-0.2, -0.15) is 0 Å². The fourth-order valence-electron chi connectivity index (χ4n) is 2.18. The van der Waals surface area contributed by atoms with E-state index < -0.39 is 14.9 Å². The van der Waals surface area contributed by atoms with Crippen LogP contribution in [0.25, 0.3) is 10.9 Å². The fourth-order valence-corrected chi connectivity index (χ4v) is 3.57. The zero-order chi connectivity index (χ0) is 15.0. The molecule has 2 aromatic carbocycles. The molecule has 3 aromatic rings. The first kappa shape index (κ1) is 13.3. The van der Waals surface area contributed by atoms with E-state index in [1.165, 1.54) is 18.2 Å². The predicted molar refractivity (Wildman–Crippen MR) is 77.6 cm³/mol. The number of nitro groups is 1. The van der Waals surface area contributed by atoms with Crippen molar-refractivity contribution in [3.8, 4) is 0 Å². The Labute approximate surface area is 120 Å². The van der Waals surface area contributed by atoms with E-state index in [1.54, 1.807) is 36.4 Å². The molecule has 0 N–H and O–H groups in total. The molecule has 0 unspecified atom stereocenters. The van der Waals surface area contributed by atoms with Gasteiger partial charge in [0.25, 0.3) is 15.7 Å². The molecule has 0 aliphatic rings. The summed E-state index contributed by atoms with van der Waals surface area (Å²) in [6.45, 7) is 0. The zero-order valence-corrected chi connectivity index (χ0v) is 11.5. The maximum atomic E-state index is 12.6. The molecular weight excluding hydrogens is 292 g/mol. The molecule has 0 aliphatic carbocycles. The van der Waals surface area contributed by atoms with Gasteiger partial charge in [-0.15, -0.1) is 0 Å². The first-order valence-electron chi connectivity index (χ1n) is 6.07. The van der Waals surface area contributed by atoms with Crippen molar-refractivity contribution in [2.24, 2.45) is 0 Å². The molecule has 0 saturated heterocycles. The summed E-state index contributed by atoms with van der Waals surface area (Å²) in [5.41, 5.74) is 0.0539. The lowest BCUT2D eigenvalue weighted by Crippen LogP contribution is -2.11. The Hall–Kier alpha value is -2.67. The molecule has 7 heteroatoms. The highest BCUT2D eigenvalue weighted by molar-refractivity contribution is 7.90. The summed E-state index contributed by atoms with van der Waals surface area (Å²) in [5, 5.41) is 11.4. The van der Waals surface area contributed by atoms with Crippen molar-refractivity contribution in [2.45, 2.75) is 4.90 Å². The van der Waals surface area contributed by atoms with Crippen molar-refractivity contribution in [1.82, 2.24) is 3.97 Å². The second-order valence-corrected chi connectivity index (χ2v) is 6.22. The second kappa shape index (κ2) is 4.71. The second-order valence-electron chi connectivity index (χ2n) is 4.40. The fraction of sp³-hybridized carbons (Fsp3) is 0. The molecule has 0 amide bonds. The molecule has 0 atom stereocenters. The molecule has 106 valence electrons. The van der Waals surface area contributed by atoms with Crippen LogP contribution in [0.1, 0.15) is 0 Å². The van der Waals surface area contributed by atoms with Crippen molar-refractivity contribution < 1.29 is 13.3 Å².